The lowest BCUT2D eigenvalue weighted by atomic mass is 10.0. The van der Waals surface area contributed by atoms with Crippen LogP contribution in [0, 0.1) is 0 Å². The van der Waals surface area contributed by atoms with Crippen LogP contribution >= 0.6 is 0 Å². The second-order valence-electron chi connectivity index (χ2n) is 4.84. The number of pyridine rings is 1. The second kappa shape index (κ2) is 5.46. The van der Waals surface area contributed by atoms with Crippen molar-refractivity contribution in [2.24, 2.45) is 5.73 Å². The zero-order chi connectivity index (χ0) is 13.1. The Morgan fingerprint density at radius 3 is 2.72 bits per heavy atom. The number of amides is 1. The first-order chi connectivity index (χ1) is 8.59. The number of hydrogen-bond donors (Lipinski definition) is 1. The van der Waals surface area contributed by atoms with Crippen LogP contribution in [0.4, 0.5) is 0 Å². The summed E-state index contributed by atoms with van der Waals surface area (Å²) >= 11 is 0. The highest BCUT2D eigenvalue weighted by Gasteiger charge is 2.30. The number of hydrogen-bond acceptors (Lipinski definition) is 4. The van der Waals surface area contributed by atoms with E-state index in [1.165, 1.54) is 0 Å². The molecule has 2 rings (SSSR count). The maximum absolute atomic E-state index is 11.8. The second-order valence-corrected chi connectivity index (χ2v) is 4.84. The highest BCUT2D eigenvalue weighted by Crippen LogP contribution is 2.22. The summed E-state index contributed by atoms with van der Waals surface area (Å²) in [5, 5.41) is 0. The van der Waals surface area contributed by atoms with Gasteiger partial charge in [-0.2, -0.15) is 0 Å². The molecule has 0 bridgehead atoms. The fraction of sp³-hybridized carbons (Fsp3) is 0.538. The topological polar surface area (TPSA) is 62.5 Å². The van der Waals surface area contributed by atoms with Crippen molar-refractivity contribution in [2.75, 3.05) is 26.7 Å². The number of nitrogens with two attached hydrogens (primary N) is 1. The molecule has 0 saturated carbocycles. The van der Waals surface area contributed by atoms with E-state index in [1.54, 1.807) is 11.1 Å². The first-order valence-electron chi connectivity index (χ1n) is 6.24. The van der Waals surface area contributed by atoms with Crippen molar-refractivity contribution in [1.82, 2.24) is 14.8 Å². The van der Waals surface area contributed by atoms with Crippen LogP contribution in [0.1, 0.15) is 18.7 Å². The van der Waals surface area contributed by atoms with Gasteiger partial charge in [0.05, 0.1) is 18.3 Å². The standard InChI is InChI=1S/C13H20N4O/c1-10(14)13(11-5-3-4-6-15-11)17-8-7-16(2)12(18)9-17/h3-6,10,13H,7-9,14H2,1-2H3. The van der Waals surface area contributed by atoms with Gasteiger partial charge in [0, 0.05) is 32.4 Å². The lowest BCUT2D eigenvalue weighted by Crippen LogP contribution is -2.52. The summed E-state index contributed by atoms with van der Waals surface area (Å²) in [6.45, 7) is 3.96. The van der Waals surface area contributed by atoms with E-state index in [1.807, 2.05) is 32.2 Å². The molecule has 0 spiro atoms. The molecule has 1 fully saturated rings. The van der Waals surface area contributed by atoms with Gasteiger partial charge >= 0.3 is 0 Å². The Bertz CT molecular complexity index is 407. The van der Waals surface area contributed by atoms with Crippen molar-refractivity contribution >= 4 is 5.91 Å². The van der Waals surface area contributed by atoms with Crippen LogP contribution in [0.2, 0.25) is 0 Å². The molecular formula is C13H20N4O. The van der Waals surface area contributed by atoms with Crippen LogP contribution in [0.25, 0.3) is 0 Å². The van der Waals surface area contributed by atoms with Crippen LogP contribution in [0.5, 0.6) is 0 Å². The van der Waals surface area contributed by atoms with Gasteiger partial charge in [-0.1, -0.05) is 6.07 Å². The fourth-order valence-corrected chi connectivity index (χ4v) is 2.35. The summed E-state index contributed by atoms with van der Waals surface area (Å²) < 4.78 is 0. The SMILES string of the molecule is CC(N)C(c1ccccn1)N1CCN(C)C(=O)C1. The molecule has 0 aromatic carbocycles. The molecular weight excluding hydrogens is 228 g/mol. The Kier molecular flexibility index (Phi) is 3.93. The van der Waals surface area contributed by atoms with Crippen molar-refractivity contribution < 1.29 is 4.79 Å². The van der Waals surface area contributed by atoms with Gasteiger partial charge in [-0.05, 0) is 19.1 Å². The Balaban J connectivity index is 2.19. The molecule has 5 nitrogen and oxygen atoms in total. The Morgan fingerprint density at radius 1 is 1.39 bits per heavy atom. The number of piperazine rings is 1. The van der Waals surface area contributed by atoms with Gasteiger partial charge in [-0.3, -0.25) is 14.7 Å². The first kappa shape index (κ1) is 13.0. The van der Waals surface area contributed by atoms with Crippen molar-refractivity contribution in [3.63, 3.8) is 0 Å². The minimum Gasteiger partial charge on any atom is -0.343 e. The molecule has 1 aliphatic rings. The van der Waals surface area contributed by atoms with Gasteiger partial charge in [-0.15, -0.1) is 0 Å². The summed E-state index contributed by atoms with van der Waals surface area (Å²) in [6, 6.07) is 5.75. The number of aromatic nitrogens is 1. The lowest BCUT2D eigenvalue weighted by Gasteiger charge is -2.38. The lowest BCUT2D eigenvalue weighted by molar-refractivity contribution is -0.135. The molecule has 1 amide bonds. The monoisotopic (exact) mass is 248 g/mol. The summed E-state index contributed by atoms with van der Waals surface area (Å²) in [4.78, 5) is 20.0. The smallest absolute Gasteiger partial charge is 0.236 e. The number of carbonyl (C=O) groups excluding carboxylic acids is 1. The van der Waals surface area contributed by atoms with E-state index in [4.69, 9.17) is 5.73 Å². The average molecular weight is 248 g/mol. The molecule has 5 heteroatoms. The van der Waals surface area contributed by atoms with Crippen LogP contribution in [-0.4, -0.2) is 53.4 Å². The van der Waals surface area contributed by atoms with E-state index in [0.717, 1.165) is 18.8 Å². The number of carbonyl (C=O) groups is 1. The zero-order valence-corrected chi connectivity index (χ0v) is 10.9. The van der Waals surface area contributed by atoms with Gasteiger partial charge in [0.25, 0.3) is 0 Å². The molecule has 2 atom stereocenters. The van der Waals surface area contributed by atoms with E-state index < -0.39 is 0 Å². The molecule has 2 unspecified atom stereocenters. The Labute approximate surface area is 108 Å². The molecule has 1 aliphatic heterocycles. The van der Waals surface area contributed by atoms with Crippen LogP contribution in [0.15, 0.2) is 24.4 Å². The molecule has 98 valence electrons. The van der Waals surface area contributed by atoms with E-state index >= 15 is 0 Å². The maximum Gasteiger partial charge on any atom is 0.236 e. The minimum absolute atomic E-state index is 0.00356. The van der Waals surface area contributed by atoms with E-state index in [9.17, 15) is 4.79 Å². The molecule has 1 aromatic heterocycles. The molecule has 1 saturated heterocycles. The zero-order valence-electron chi connectivity index (χ0n) is 10.9. The fourth-order valence-electron chi connectivity index (χ4n) is 2.35. The summed E-state index contributed by atoms with van der Waals surface area (Å²) in [5.41, 5.74) is 7.01. The molecule has 0 radical (unpaired) electrons. The van der Waals surface area contributed by atoms with Crippen LogP contribution in [0.3, 0.4) is 0 Å². The number of likely N-dealkylation sites (N-methyl/N-ethyl adjacent to an activating group) is 1. The first-order valence-corrected chi connectivity index (χ1v) is 6.24. The quantitative estimate of drug-likeness (QED) is 0.832. The summed E-state index contributed by atoms with van der Waals surface area (Å²) in [5.74, 6) is 0.142. The average Bonchev–Trinajstić information content (AvgIpc) is 2.35. The van der Waals surface area contributed by atoms with Crippen molar-refractivity contribution in [3.8, 4) is 0 Å². The predicted molar refractivity (Wildman–Crippen MR) is 69.8 cm³/mol. The number of rotatable bonds is 3. The number of nitrogens with zero attached hydrogens (tertiary/aromatic N) is 3. The van der Waals surface area contributed by atoms with Crippen LogP contribution in [-0.2, 0) is 4.79 Å². The van der Waals surface area contributed by atoms with Gasteiger partial charge in [0.15, 0.2) is 0 Å². The minimum atomic E-state index is -0.0592. The molecule has 18 heavy (non-hydrogen) atoms. The van der Waals surface area contributed by atoms with Crippen molar-refractivity contribution in [1.29, 1.82) is 0 Å². The highest BCUT2D eigenvalue weighted by atomic mass is 16.2. The summed E-state index contributed by atoms with van der Waals surface area (Å²) in [6.07, 6.45) is 1.77. The summed E-state index contributed by atoms with van der Waals surface area (Å²) in [7, 11) is 1.83. The van der Waals surface area contributed by atoms with Crippen molar-refractivity contribution in [3.05, 3.63) is 30.1 Å². The normalized spacial score (nSPS) is 20.8. The Morgan fingerprint density at radius 2 is 2.17 bits per heavy atom. The third-order valence-electron chi connectivity index (χ3n) is 3.37. The highest BCUT2D eigenvalue weighted by molar-refractivity contribution is 5.78. The Hall–Kier alpha value is -1.46. The van der Waals surface area contributed by atoms with Gasteiger partial charge < -0.3 is 10.6 Å². The van der Waals surface area contributed by atoms with Crippen LogP contribution < -0.4 is 5.73 Å². The molecule has 2 N–H and O–H groups in total. The van der Waals surface area contributed by atoms with Gasteiger partial charge in [-0.25, -0.2) is 0 Å². The largest absolute Gasteiger partial charge is 0.343 e. The van der Waals surface area contributed by atoms with E-state index in [0.29, 0.717) is 6.54 Å². The maximum atomic E-state index is 11.8. The molecule has 0 aliphatic carbocycles. The molecule has 2 heterocycles. The van der Waals surface area contributed by atoms with Gasteiger partial charge in [0.1, 0.15) is 0 Å². The van der Waals surface area contributed by atoms with Crippen molar-refractivity contribution in [2.45, 2.75) is 19.0 Å². The molecule has 1 aromatic rings. The van der Waals surface area contributed by atoms with E-state index in [-0.39, 0.29) is 18.0 Å². The van der Waals surface area contributed by atoms with Gasteiger partial charge in [0.2, 0.25) is 5.91 Å². The predicted octanol–water partition coefficient (Wildman–Crippen LogP) is 0.244. The van der Waals surface area contributed by atoms with E-state index in [2.05, 4.69) is 9.88 Å². The third-order valence-corrected chi connectivity index (χ3v) is 3.37. The third kappa shape index (κ3) is 2.68.